The van der Waals surface area contributed by atoms with Crippen molar-refractivity contribution in [3.8, 4) is 22.8 Å². The molecule has 0 aliphatic carbocycles. The number of benzene rings is 1. The summed E-state index contributed by atoms with van der Waals surface area (Å²) in [6, 6.07) is 9.78. The highest BCUT2D eigenvalue weighted by Gasteiger charge is 2.20. The van der Waals surface area contributed by atoms with Crippen molar-refractivity contribution in [1.82, 2.24) is 19.5 Å². The number of nitrogens with zero attached hydrogens (tertiary/aromatic N) is 3. The zero-order chi connectivity index (χ0) is 15.5. The summed E-state index contributed by atoms with van der Waals surface area (Å²) >= 11 is 0. The molecule has 0 fully saturated rings. The fourth-order valence-electron chi connectivity index (χ4n) is 2.34. The molecular formula is C16H16N4O2. The van der Waals surface area contributed by atoms with E-state index in [1.165, 1.54) is 0 Å². The van der Waals surface area contributed by atoms with Crippen LogP contribution in [0.1, 0.15) is 6.92 Å². The van der Waals surface area contributed by atoms with Crippen LogP contribution in [-0.2, 0) is 11.3 Å². The Hall–Kier alpha value is -2.89. The van der Waals surface area contributed by atoms with E-state index in [2.05, 4.69) is 15.0 Å². The first-order chi connectivity index (χ1) is 10.7. The van der Waals surface area contributed by atoms with Crippen LogP contribution in [0.4, 0.5) is 0 Å². The SMILES string of the molecule is CC(Cn1cnc(-c2ccccc2)c1-c1ncc[nH]1)C(=O)O. The van der Waals surface area contributed by atoms with Gasteiger partial charge >= 0.3 is 5.97 Å². The van der Waals surface area contributed by atoms with Crippen LogP contribution in [-0.4, -0.2) is 30.6 Å². The number of aromatic nitrogens is 4. The zero-order valence-electron chi connectivity index (χ0n) is 12.1. The van der Waals surface area contributed by atoms with Gasteiger partial charge in [0.2, 0.25) is 0 Å². The van der Waals surface area contributed by atoms with Gasteiger partial charge in [-0.15, -0.1) is 0 Å². The number of carboxylic acid groups (broad SMARTS) is 1. The maximum atomic E-state index is 11.1. The van der Waals surface area contributed by atoms with Gasteiger partial charge in [-0.2, -0.15) is 0 Å². The van der Waals surface area contributed by atoms with Crippen LogP contribution >= 0.6 is 0 Å². The molecule has 2 aromatic heterocycles. The summed E-state index contributed by atoms with van der Waals surface area (Å²) in [7, 11) is 0. The molecule has 0 saturated heterocycles. The van der Waals surface area contributed by atoms with Crippen molar-refractivity contribution >= 4 is 5.97 Å². The van der Waals surface area contributed by atoms with E-state index < -0.39 is 11.9 Å². The number of hydrogen-bond donors (Lipinski definition) is 2. The molecular weight excluding hydrogens is 280 g/mol. The molecule has 6 nitrogen and oxygen atoms in total. The lowest BCUT2D eigenvalue weighted by Gasteiger charge is -2.11. The number of imidazole rings is 2. The van der Waals surface area contributed by atoms with E-state index in [-0.39, 0.29) is 0 Å². The van der Waals surface area contributed by atoms with Gasteiger partial charge in [0.05, 0.1) is 17.9 Å². The molecule has 1 aromatic carbocycles. The van der Waals surface area contributed by atoms with Crippen LogP contribution in [0.25, 0.3) is 22.8 Å². The average molecular weight is 296 g/mol. The zero-order valence-corrected chi connectivity index (χ0v) is 12.1. The maximum absolute atomic E-state index is 11.1. The topological polar surface area (TPSA) is 83.8 Å². The second-order valence-corrected chi connectivity index (χ2v) is 5.14. The highest BCUT2D eigenvalue weighted by molar-refractivity contribution is 5.75. The van der Waals surface area contributed by atoms with E-state index >= 15 is 0 Å². The smallest absolute Gasteiger partial charge is 0.308 e. The molecule has 6 heteroatoms. The van der Waals surface area contributed by atoms with Crippen LogP contribution < -0.4 is 0 Å². The largest absolute Gasteiger partial charge is 0.481 e. The Morgan fingerprint density at radius 1 is 1.32 bits per heavy atom. The first-order valence-electron chi connectivity index (χ1n) is 7.00. The van der Waals surface area contributed by atoms with Gasteiger partial charge < -0.3 is 14.7 Å². The summed E-state index contributed by atoms with van der Waals surface area (Å²) in [6.45, 7) is 2.02. The van der Waals surface area contributed by atoms with Crippen LogP contribution in [0.5, 0.6) is 0 Å². The summed E-state index contributed by atoms with van der Waals surface area (Å²) in [4.78, 5) is 23.0. The van der Waals surface area contributed by atoms with Crippen molar-refractivity contribution < 1.29 is 9.90 Å². The molecule has 1 atom stereocenters. The molecule has 0 amide bonds. The van der Waals surface area contributed by atoms with Gasteiger partial charge in [-0.05, 0) is 0 Å². The molecule has 0 aliphatic rings. The van der Waals surface area contributed by atoms with Crippen LogP contribution in [0.15, 0.2) is 49.1 Å². The van der Waals surface area contributed by atoms with E-state index in [1.807, 2.05) is 34.9 Å². The van der Waals surface area contributed by atoms with Gasteiger partial charge in [0, 0.05) is 24.5 Å². The Kier molecular flexibility index (Phi) is 3.74. The van der Waals surface area contributed by atoms with E-state index in [1.54, 1.807) is 25.6 Å². The first-order valence-corrected chi connectivity index (χ1v) is 7.00. The Morgan fingerprint density at radius 2 is 2.09 bits per heavy atom. The highest BCUT2D eigenvalue weighted by atomic mass is 16.4. The Bertz CT molecular complexity index is 763. The Balaban J connectivity index is 2.09. The molecule has 1 unspecified atom stereocenters. The minimum absolute atomic E-state index is 0.338. The number of aliphatic carboxylic acids is 1. The Labute approximate surface area is 127 Å². The van der Waals surface area contributed by atoms with Crippen molar-refractivity contribution in [2.45, 2.75) is 13.5 Å². The lowest BCUT2D eigenvalue weighted by atomic mass is 10.1. The standard InChI is InChI=1S/C16H16N4O2/c1-11(16(21)22)9-20-10-19-13(12-5-3-2-4-6-12)14(20)15-17-7-8-18-15/h2-8,10-11H,9H2,1H3,(H,17,18)(H,21,22). The molecule has 2 heterocycles. The van der Waals surface area contributed by atoms with Crippen LogP contribution in [0.3, 0.4) is 0 Å². The lowest BCUT2D eigenvalue weighted by Crippen LogP contribution is -2.17. The molecule has 3 rings (SSSR count). The number of aromatic amines is 1. The average Bonchev–Trinajstić information content (AvgIpc) is 3.16. The van der Waals surface area contributed by atoms with E-state index in [0.29, 0.717) is 12.4 Å². The summed E-state index contributed by atoms with van der Waals surface area (Å²) in [5.74, 6) is -0.666. The van der Waals surface area contributed by atoms with Gasteiger partial charge in [0.15, 0.2) is 5.82 Å². The first kappa shape index (κ1) is 14.1. The van der Waals surface area contributed by atoms with Crippen molar-refractivity contribution in [3.05, 3.63) is 49.1 Å². The third kappa shape index (κ3) is 2.63. The normalized spacial score (nSPS) is 12.2. The number of nitrogens with one attached hydrogen (secondary N) is 1. The molecule has 0 aliphatic heterocycles. The number of H-pyrrole nitrogens is 1. The van der Waals surface area contributed by atoms with E-state index in [9.17, 15) is 4.79 Å². The van der Waals surface area contributed by atoms with Gasteiger partial charge in [0.25, 0.3) is 0 Å². The molecule has 0 spiro atoms. The predicted octanol–water partition coefficient (Wildman–Crippen LogP) is 2.66. The fourth-order valence-corrected chi connectivity index (χ4v) is 2.34. The van der Waals surface area contributed by atoms with E-state index in [0.717, 1.165) is 17.0 Å². The second kappa shape index (κ2) is 5.85. The second-order valence-electron chi connectivity index (χ2n) is 5.14. The minimum Gasteiger partial charge on any atom is -0.481 e. The third-order valence-corrected chi connectivity index (χ3v) is 3.50. The monoisotopic (exact) mass is 296 g/mol. The predicted molar refractivity (Wildman–Crippen MR) is 82.0 cm³/mol. The minimum atomic E-state index is -0.833. The number of carbonyl (C=O) groups is 1. The van der Waals surface area contributed by atoms with Crippen molar-refractivity contribution in [1.29, 1.82) is 0 Å². The van der Waals surface area contributed by atoms with Crippen LogP contribution in [0, 0.1) is 5.92 Å². The quantitative estimate of drug-likeness (QED) is 0.758. The van der Waals surface area contributed by atoms with Crippen molar-refractivity contribution in [2.24, 2.45) is 5.92 Å². The maximum Gasteiger partial charge on any atom is 0.308 e. The van der Waals surface area contributed by atoms with Gasteiger partial charge in [0.1, 0.15) is 5.69 Å². The van der Waals surface area contributed by atoms with Gasteiger partial charge in [-0.1, -0.05) is 37.3 Å². The molecule has 3 aromatic rings. The van der Waals surface area contributed by atoms with Crippen molar-refractivity contribution in [2.75, 3.05) is 0 Å². The van der Waals surface area contributed by atoms with Crippen LogP contribution in [0.2, 0.25) is 0 Å². The number of hydrogen-bond acceptors (Lipinski definition) is 3. The third-order valence-electron chi connectivity index (χ3n) is 3.50. The van der Waals surface area contributed by atoms with Crippen molar-refractivity contribution in [3.63, 3.8) is 0 Å². The molecule has 2 N–H and O–H groups in total. The number of rotatable bonds is 5. The Morgan fingerprint density at radius 3 is 2.73 bits per heavy atom. The molecule has 0 bridgehead atoms. The summed E-state index contributed by atoms with van der Waals surface area (Å²) in [5.41, 5.74) is 2.55. The number of carboxylic acids is 1. The lowest BCUT2D eigenvalue weighted by molar-refractivity contribution is -0.141. The fraction of sp³-hybridized carbons (Fsp3) is 0.188. The summed E-state index contributed by atoms with van der Waals surface area (Å²) < 4.78 is 1.83. The molecule has 0 saturated carbocycles. The highest BCUT2D eigenvalue weighted by Crippen LogP contribution is 2.29. The summed E-state index contributed by atoms with van der Waals surface area (Å²) in [6.07, 6.45) is 5.07. The summed E-state index contributed by atoms with van der Waals surface area (Å²) in [5, 5.41) is 9.13. The van der Waals surface area contributed by atoms with E-state index in [4.69, 9.17) is 5.11 Å². The molecule has 22 heavy (non-hydrogen) atoms. The molecule has 112 valence electrons. The van der Waals surface area contributed by atoms with Gasteiger partial charge in [-0.25, -0.2) is 9.97 Å². The molecule has 0 radical (unpaired) electrons. The van der Waals surface area contributed by atoms with Gasteiger partial charge in [-0.3, -0.25) is 4.79 Å².